The molecule has 0 aliphatic carbocycles. The van der Waals surface area contributed by atoms with E-state index in [9.17, 15) is 0 Å². The maximum absolute atomic E-state index is 4.81. The number of rotatable bonds is 2. The minimum Gasteiger partial charge on any atom is -0.385 e. The number of fused-ring (bicyclic) bond motifs is 1. The molecule has 1 aliphatic heterocycles. The van der Waals surface area contributed by atoms with Crippen LogP contribution in [0.2, 0.25) is 0 Å². The second kappa shape index (κ2) is 5.00. The Morgan fingerprint density at radius 1 is 1.24 bits per heavy atom. The van der Waals surface area contributed by atoms with Crippen molar-refractivity contribution in [2.45, 2.75) is 12.3 Å². The summed E-state index contributed by atoms with van der Waals surface area (Å²) in [7, 11) is 1.99. The van der Waals surface area contributed by atoms with Crippen LogP contribution in [0, 0.1) is 0 Å². The predicted octanol–water partition coefficient (Wildman–Crippen LogP) is 3.49. The minimum absolute atomic E-state index is 0.314. The summed E-state index contributed by atoms with van der Waals surface area (Å²) in [5.74, 6) is 2.19. The summed E-state index contributed by atoms with van der Waals surface area (Å²) in [6, 6.07) is 12.6. The zero-order valence-corrected chi connectivity index (χ0v) is 12.6. The Morgan fingerprint density at radius 3 is 3.00 bits per heavy atom. The van der Waals surface area contributed by atoms with E-state index in [1.807, 2.05) is 17.8 Å². The van der Waals surface area contributed by atoms with Crippen LogP contribution in [0.1, 0.15) is 23.7 Å². The quantitative estimate of drug-likeness (QED) is 0.787. The van der Waals surface area contributed by atoms with Gasteiger partial charge in [-0.05, 0) is 29.5 Å². The Balaban J connectivity index is 1.78. The maximum Gasteiger partial charge on any atom is 0.191 e. The van der Waals surface area contributed by atoms with Crippen molar-refractivity contribution in [3.05, 3.63) is 53.2 Å². The Bertz CT molecular complexity index is 760. The summed E-state index contributed by atoms with van der Waals surface area (Å²) in [6.45, 7) is 0.975. The molecule has 3 heterocycles. The van der Waals surface area contributed by atoms with Crippen molar-refractivity contribution in [3.63, 3.8) is 0 Å². The van der Waals surface area contributed by atoms with Crippen molar-refractivity contribution in [2.24, 2.45) is 7.05 Å². The van der Waals surface area contributed by atoms with Gasteiger partial charge in [0.2, 0.25) is 0 Å². The molecule has 1 aliphatic rings. The molecule has 106 valence electrons. The Hall–Kier alpha value is -2.14. The van der Waals surface area contributed by atoms with Gasteiger partial charge in [0.15, 0.2) is 5.82 Å². The van der Waals surface area contributed by atoms with Crippen molar-refractivity contribution in [3.8, 4) is 10.7 Å². The number of thiophene rings is 1. The normalized spacial score (nSPS) is 17.3. The molecule has 0 saturated carbocycles. The largest absolute Gasteiger partial charge is 0.385 e. The molecule has 1 atom stereocenters. The highest BCUT2D eigenvalue weighted by molar-refractivity contribution is 7.13. The SMILES string of the molecule is Cn1nc(-c2cccs2)nc1C1CCNc2ccccc21. The van der Waals surface area contributed by atoms with Crippen molar-refractivity contribution in [1.82, 2.24) is 14.8 Å². The molecule has 21 heavy (non-hydrogen) atoms. The lowest BCUT2D eigenvalue weighted by molar-refractivity contribution is 0.613. The predicted molar refractivity (Wildman–Crippen MR) is 85.7 cm³/mol. The fraction of sp³-hybridized carbons (Fsp3) is 0.250. The van der Waals surface area contributed by atoms with E-state index in [1.165, 1.54) is 11.3 Å². The Kier molecular flexibility index (Phi) is 3.00. The highest BCUT2D eigenvalue weighted by Crippen LogP contribution is 2.36. The van der Waals surface area contributed by atoms with Crippen LogP contribution < -0.4 is 5.32 Å². The van der Waals surface area contributed by atoms with Gasteiger partial charge in [-0.25, -0.2) is 4.98 Å². The van der Waals surface area contributed by atoms with Gasteiger partial charge >= 0.3 is 0 Å². The molecule has 1 aromatic carbocycles. The summed E-state index contributed by atoms with van der Waals surface area (Å²) in [4.78, 5) is 5.93. The third kappa shape index (κ3) is 2.14. The standard InChI is InChI=1S/C16H16N4S/c1-20-16(18-15(19-20)14-7-4-10-21-14)12-8-9-17-13-6-3-2-5-11(12)13/h2-7,10,12,17H,8-9H2,1H3. The molecular weight excluding hydrogens is 280 g/mol. The second-order valence-corrected chi connectivity index (χ2v) is 6.20. The highest BCUT2D eigenvalue weighted by Gasteiger charge is 2.26. The number of hydrogen-bond donors (Lipinski definition) is 1. The molecule has 0 saturated heterocycles. The molecule has 1 unspecified atom stereocenters. The zero-order chi connectivity index (χ0) is 14.2. The average molecular weight is 296 g/mol. The number of nitrogens with zero attached hydrogens (tertiary/aromatic N) is 3. The van der Waals surface area contributed by atoms with Gasteiger partial charge in [-0.3, -0.25) is 4.68 Å². The molecule has 0 fully saturated rings. The van der Waals surface area contributed by atoms with Gasteiger partial charge in [-0.1, -0.05) is 24.3 Å². The van der Waals surface area contributed by atoms with Crippen LogP contribution in [-0.4, -0.2) is 21.3 Å². The highest BCUT2D eigenvalue weighted by atomic mass is 32.1. The lowest BCUT2D eigenvalue weighted by Crippen LogP contribution is -2.20. The summed E-state index contributed by atoms with van der Waals surface area (Å²) in [5, 5.41) is 10.1. The van der Waals surface area contributed by atoms with Crippen molar-refractivity contribution in [1.29, 1.82) is 0 Å². The number of anilines is 1. The van der Waals surface area contributed by atoms with Gasteiger partial charge in [-0.2, -0.15) is 5.10 Å². The van der Waals surface area contributed by atoms with Crippen molar-refractivity contribution >= 4 is 17.0 Å². The smallest absolute Gasteiger partial charge is 0.191 e. The van der Waals surface area contributed by atoms with Crippen LogP contribution in [0.25, 0.3) is 10.7 Å². The number of aryl methyl sites for hydroxylation is 1. The molecule has 0 spiro atoms. The topological polar surface area (TPSA) is 42.7 Å². The van der Waals surface area contributed by atoms with Gasteiger partial charge in [0.05, 0.1) is 4.88 Å². The van der Waals surface area contributed by atoms with Gasteiger partial charge in [0.25, 0.3) is 0 Å². The van der Waals surface area contributed by atoms with Crippen LogP contribution in [0.3, 0.4) is 0 Å². The summed E-state index contributed by atoms with van der Waals surface area (Å²) in [5.41, 5.74) is 2.53. The minimum atomic E-state index is 0.314. The van der Waals surface area contributed by atoms with Crippen LogP contribution in [0.4, 0.5) is 5.69 Å². The van der Waals surface area contributed by atoms with E-state index < -0.39 is 0 Å². The zero-order valence-electron chi connectivity index (χ0n) is 11.8. The Morgan fingerprint density at radius 2 is 2.14 bits per heavy atom. The van der Waals surface area contributed by atoms with E-state index in [4.69, 9.17) is 4.98 Å². The molecule has 1 N–H and O–H groups in total. The number of hydrogen-bond acceptors (Lipinski definition) is 4. The van der Waals surface area contributed by atoms with E-state index in [0.29, 0.717) is 5.92 Å². The first-order valence-electron chi connectivity index (χ1n) is 7.10. The van der Waals surface area contributed by atoms with Gasteiger partial charge in [0, 0.05) is 25.2 Å². The first kappa shape index (κ1) is 12.6. The average Bonchev–Trinajstić information content (AvgIpc) is 3.16. The lowest BCUT2D eigenvalue weighted by atomic mass is 9.90. The monoisotopic (exact) mass is 296 g/mol. The first-order chi connectivity index (χ1) is 10.3. The molecular formula is C16H16N4S. The number of aromatic nitrogens is 3. The molecule has 4 rings (SSSR count). The second-order valence-electron chi connectivity index (χ2n) is 5.25. The molecule has 0 amide bonds. The fourth-order valence-electron chi connectivity index (χ4n) is 2.95. The van der Waals surface area contributed by atoms with Crippen LogP contribution in [-0.2, 0) is 7.05 Å². The van der Waals surface area contributed by atoms with E-state index in [1.54, 1.807) is 11.3 Å². The third-order valence-corrected chi connectivity index (χ3v) is 4.80. The van der Waals surface area contributed by atoms with Gasteiger partial charge in [0.1, 0.15) is 5.82 Å². The molecule has 0 radical (unpaired) electrons. The van der Waals surface area contributed by atoms with Gasteiger partial charge < -0.3 is 5.32 Å². The van der Waals surface area contributed by atoms with E-state index in [0.717, 1.165) is 29.5 Å². The number of benzene rings is 1. The number of para-hydroxylation sites is 1. The number of nitrogens with one attached hydrogen (secondary N) is 1. The molecule has 0 bridgehead atoms. The molecule has 3 aromatic rings. The van der Waals surface area contributed by atoms with Gasteiger partial charge in [-0.15, -0.1) is 11.3 Å². The molecule has 2 aromatic heterocycles. The van der Waals surface area contributed by atoms with Crippen LogP contribution >= 0.6 is 11.3 Å². The van der Waals surface area contributed by atoms with Crippen molar-refractivity contribution < 1.29 is 0 Å². The summed E-state index contributed by atoms with van der Waals surface area (Å²) in [6.07, 6.45) is 1.05. The van der Waals surface area contributed by atoms with E-state index >= 15 is 0 Å². The van der Waals surface area contributed by atoms with Crippen LogP contribution in [0.15, 0.2) is 41.8 Å². The lowest BCUT2D eigenvalue weighted by Gasteiger charge is -2.25. The summed E-state index contributed by atoms with van der Waals surface area (Å²) < 4.78 is 1.93. The van der Waals surface area contributed by atoms with E-state index in [2.05, 4.69) is 46.1 Å². The third-order valence-electron chi connectivity index (χ3n) is 3.93. The Labute approximate surface area is 127 Å². The van der Waals surface area contributed by atoms with Crippen molar-refractivity contribution in [2.75, 3.05) is 11.9 Å². The maximum atomic E-state index is 4.81. The first-order valence-corrected chi connectivity index (χ1v) is 7.98. The van der Waals surface area contributed by atoms with Crippen LogP contribution in [0.5, 0.6) is 0 Å². The molecule has 5 heteroatoms. The summed E-state index contributed by atoms with van der Waals surface area (Å²) >= 11 is 1.68. The fourth-order valence-corrected chi connectivity index (χ4v) is 3.60. The molecule has 4 nitrogen and oxygen atoms in total. The van der Waals surface area contributed by atoms with E-state index in [-0.39, 0.29) is 0 Å².